The molecule has 88 valence electrons. The SMILES string of the molecule is C/C(=C\Cl)COc1cc(Br)ccc1C(C)N. The summed E-state index contributed by atoms with van der Waals surface area (Å²) in [6.07, 6.45) is 0. The van der Waals surface area contributed by atoms with E-state index in [0.29, 0.717) is 6.61 Å². The fraction of sp³-hybridized carbons (Fsp3) is 0.333. The number of rotatable bonds is 4. The Morgan fingerprint density at radius 1 is 1.62 bits per heavy atom. The summed E-state index contributed by atoms with van der Waals surface area (Å²) in [5, 5.41) is 0. The van der Waals surface area contributed by atoms with Gasteiger partial charge in [0.05, 0.1) is 0 Å². The Morgan fingerprint density at radius 3 is 2.88 bits per heavy atom. The maximum absolute atomic E-state index is 5.87. The largest absolute Gasteiger partial charge is 0.489 e. The summed E-state index contributed by atoms with van der Waals surface area (Å²) < 4.78 is 6.64. The predicted molar refractivity (Wildman–Crippen MR) is 71.8 cm³/mol. The van der Waals surface area contributed by atoms with Crippen molar-refractivity contribution in [2.45, 2.75) is 19.9 Å². The lowest BCUT2D eigenvalue weighted by Crippen LogP contribution is -2.09. The number of benzene rings is 1. The van der Waals surface area contributed by atoms with Crippen LogP contribution in [0.4, 0.5) is 0 Å². The highest BCUT2D eigenvalue weighted by Crippen LogP contribution is 2.27. The second-order valence-electron chi connectivity index (χ2n) is 3.71. The van der Waals surface area contributed by atoms with E-state index in [0.717, 1.165) is 21.4 Å². The minimum absolute atomic E-state index is 0.0524. The van der Waals surface area contributed by atoms with Crippen LogP contribution in [0.25, 0.3) is 0 Å². The molecular weight excluding hydrogens is 289 g/mol. The van der Waals surface area contributed by atoms with Gasteiger partial charge in [-0.1, -0.05) is 33.6 Å². The average molecular weight is 305 g/mol. The molecule has 0 saturated carbocycles. The van der Waals surface area contributed by atoms with Gasteiger partial charge in [-0.05, 0) is 31.6 Å². The third kappa shape index (κ3) is 3.81. The standard InChI is InChI=1S/C12H15BrClNO/c1-8(6-14)7-16-12-5-10(13)3-4-11(12)9(2)15/h3-6,9H,7,15H2,1-2H3/b8-6+. The van der Waals surface area contributed by atoms with Crippen LogP contribution in [-0.4, -0.2) is 6.61 Å². The van der Waals surface area contributed by atoms with E-state index in [2.05, 4.69) is 15.9 Å². The van der Waals surface area contributed by atoms with E-state index < -0.39 is 0 Å². The van der Waals surface area contributed by atoms with Crippen LogP contribution in [0.15, 0.2) is 33.8 Å². The Bertz CT molecular complexity index is 391. The van der Waals surface area contributed by atoms with E-state index in [1.54, 1.807) is 0 Å². The van der Waals surface area contributed by atoms with Crippen molar-refractivity contribution in [2.24, 2.45) is 5.73 Å². The van der Waals surface area contributed by atoms with Crippen molar-refractivity contribution < 1.29 is 4.74 Å². The summed E-state index contributed by atoms with van der Waals surface area (Å²) in [4.78, 5) is 0. The number of hydrogen-bond acceptors (Lipinski definition) is 2. The lowest BCUT2D eigenvalue weighted by molar-refractivity contribution is 0.346. The maximum atomic E-state index is 5.87. The van der Waals surface area contributed by atoms with Gasteiger partial charge in [-0.15, -0.1) is 0 Å². The molecule has 1 unspecified atom stereocenters. The summed E-state index contributed by atoms with van der Waals surface area (Å²) in [5.74, 6) is 0.794. The minimum Gasteiger partial charge on any atom is -0.489 e. The van der Waals surface area contributed by atoms with E-state index in [1.807, 2.05) is 32.0 Å². The smallest absolute Gasteiger partial charge is 0.125 e. The Kier molecular flexibility index (Phi) is 5.32. The van der Waals surface area contributed by atoms with E-state index in [4.69, 9.17) is 22.1 Å². The minimum atomic E-state index is -0.0524. The molecule has 1 aromatic rings. The Hall–Kier alpha value is -0.510. The topological polar surface area (TPSA) is 35.2 Å². The van der Waals surface area contributed by atoms with Gasteiger partial charge in [0.25, 0.3) is 0 Å². The van der Waals surface area contributed by atoms with Crippen LogP contribution in [-0.2, 0) is 0 Å². The van der Waals surface area contributed by atoms with Gasteiger partial charge in [0.15, 0.2) is 0 Å². The molecule has 16 heavy (non-hydrogen) atoms. The summed E-state index contributed by atoms with van der Waals surface area (Å²) in [7, 11) is 0. The average Bonchev–Trinajstić information content (AvgIpc) is 2.25. The fourth-order valence-corrected chi connectivity index (χ4v) is 1.64. The first-order valence-corrected chi connectivity index (χ1v) is 6.21. The molecular formula is C12H15BrClNO. The van der Waals surface area contributed by atoms with Crippen LogP contribution in [0.2, 0.25) is 0 Å². The molecule has 1 atom stereocenters. The van der Waals surface area contributed by atoms with E-state index >= 15 is 0 Å². The highest BCUT2D eigenvalue weighted by molar-refractivity contribution is 9.10. The highest BCUT2D eigenvalue weighted by Gasteiger charge is 2.08. The van der Waals surface area contributed by atoms with Gasteiger partial charge >= 0.3 is 0 Å². The van der Waals surface area contributed by atoms with E-state index in [-0.39, 0.29) is 6.04 Å². The number of nitrogens with two attached hydrogens (primary N) is 1. The fourth-order valence-electron chi connectivity index (χ4n) is 1.23. The van der Waals surface area contributed by atoms with Gasteiger partial charge < -0.3 is 10.5 Å². The van der Waals surface area contributed by atoms with Crippen molar-refractivity contribution in [3.8, 4) is 5.75 Å². The lowest BCUT2D eigenvalue weighted by Gasteiger charge is -2.14. The molecule has 0 amide bonds. The first kappa shape index (κ1) is 13.6. The second-order valence-corrected chi connectivity index (χ2v) is 4.85. The maximum Gasteiger partial charge on any atom is 0.125 e. The summed E-state index contributed by atoms with van der Waals surface area (Å²) in [6.45, 7) is 4.32. The molecule has 0 aliphatic rings. The van der Waals surface area contributed by atoms with Gasteiger partial charge in [-0.25, -0.2) is 0 Å². The zero-order valence-electron chi connectivity index (χ0n) is 9.34. The molecule has 0 saturated heterocycles. The zero-order chi connectivity index (χ0) is 12.1. The molecule has 4 heteroatoms. The molecule has 2 N–H and O–H groups in total. The Balaban J connectivity index is 2.88. The van der Waals surface area contributed by atoms with E-state index in [1.165, 1.54) is 5.54 Å². The van der Waals surface area contributed by atoms with Crippen LogP contribution in [0.1, 0.15) is 25.5 Å². The normalized spacial score (nSPS) is 13.7. The molecule has 0 aromatic heterocycles. The van der Waals surface area contributed by atoms with Crippen LogP contribution >= 0.6 is 27.5 Å². The van der Waals surface area contributed by atoms with Crippen LogP contribution in [0.3, 0.4) is 0 Å². The third-order valence-corrected chi connectivity index (χ3v) is 2.97. The number of ether oxygens (including phenoxy) is 1. The van der Waals surface area contributed by atoms with Crippen molar-refractivity contribution in [2.75, 3.05) is 6.61 Å². The molecule has 0 heterocycles. The molecule has 0 aliphatic carbocycles. The van der Waals surface area contributed by atoms with Crippen LogP contribution < -0.4 is 10.5 Å². The predicted octanol–water partition coefficient (Wildman–Crippen LogP) is 3.99. The summed E-state index contributed by atoms with van der Waals surface area (Å²) >= 11 is 8.98. The molecule has 0 radical (unpaired) electrons. The Labute approximate surface area is 110 Å². The molecule has 2 nitrogen and oxygen atoms in total. The van der Waals surface area contributed by atoms with E-state index in [9.17, 15) is 0 Å². The highest BCUT2D eigenvalue weighted by atomic mass is 79.9. The van der Waals surface area contributed by atoms with Gasteiger partial charge in [-0.2, -0.15) is 0 Å². The summed E-state index contributed by atoms with van der Waals surface area (Å²) in [5.41, 5.74) is 9.35. The van der Waals surface area contributed by atoms with Gasteiger partial charge in [0.2, 0.25) is 0 Å². The molecule has 1 rings (SSSR count). The van der Waals surface area contributed by atoms with Crippen LogP contribution in [0.5, 0.6) is 5.75 Å². The zero-order valence-corrected chi connectivity index (χ0v) is 11.7. The molecule has 0 fully saturated rings. The van der Waals surface area contributed by atoms with Crippen molar-refractivity contribution >= 4 is 27.5 Å². The number of hydrogen-bond donors (Lipinski definition) is 1. The van der Waals surface area contributed by atoms with Crippen molar-refractivity contribution in [1.29, 1.82) is 0 Å². The van der Waals surface area contributed by atoms with Crippen molar-refractivity contribution in [3.05, 3.63) is 39.3 Å². The van der Waals surface area contributed by atoms with Gasteiger partial charge in [-0.3, -0.25) is 0 Å². The quantitative estimate of drug-likeness (QED) is 0.913. The molecule has 1 aromatic carbocycles. The number of halogens is 2. The third-order valence-electron chi connectivity index (χ3n) is 2.11. The van der Waals surface area contributed by atoms with Gasteiger partial charge in [0, 0.05) is 21.6 Å². The first-order chi connectivity index (χ1) is 7.54. The molecule has 0 spiro atoms. The van der Waals surface area contributed by atoms with Crippen LogP contribution in [0, 0.1) is 0 Å². The molecule has 0 aliphatic heterocycles. The van der Waals surface area contributed by atoms with Gasteiger partial charge in [0.1, 0.15) is 12.4 Å². The first-order valence-electron chi connectivity index (χ1n) is 4.98. The van der Waals surface area contributed by atoms with Crippen molar-refractivity contribution in [3.63, 3.8) is 0 Å². The summed E-state index contributed by atoms with van der Waals surface area (Å²) in [6, 6.07) is 5.78. The van der Waals surface area contributed by atoms with Crippen molar-refractivity contribution in [1.82, 2.24) is 0 Å². The Morgan fingerprint density at radius 2 is 2.31 bits per heavy atom. The molecule has 0 bridgehead atoms. The second kappa shape index (κ2) is 6.28. The lowest BCUT2D eigenvalue weighted by atomic mass is 10.1. The monoisotopic (exact) mass is 303 g/mol.